The van der Waals surface area contributed by atoms with Crippen LogP contribution < -0.4 is 5.69 Å². The fourth-order valence-electron chi connectivity index (χ4n) is 2.80. The van der Waals surface area contributed by atoms with Crippen LogP contribution in [0.1, 0.15) is 18.4 Å². The zero-order valence-electron chi connectivity index (χ0n) is 13.0. The third-order valence-corrected chi connectivity index (χ3v) is 5.73. The van der Waals surface area contributed by atoms with Crippen LogP contribution in [-0.4, -0.2) is 34.8 Å². The van der Waals surface area contributed by atoms with Crippen molar-refractivity contribution in [1.82, 2.24) is 14.3 Å². The molecule has 1 fully saturated rings. The zero-order valence-corrected chi connectivity index (χ0v) is 14.6. The Bertz CT molecular complexity index is 910. The first-order chi connectivity index (χ1) is 10.7. The highest BCUT2D eigenvalue weighted by Crippen LogP contribution is 2.48. The van der Waals surface area contributed by atoms with Crippen molar-refractivity contribution < 1.29 is 8.42 Å². The molecule has 1 saturated carbocycles. The highest BCUT2D eigenvalue weighted by Gasteiger charge is 2.46. The summed E-state index contributed by atoms with van der Waals surface area (Å²) in [7, 11) is -3.09. The Balaban J connectivity index is 1.97. The molecular weight excluding hydrogens is 338 g/mol. The molecule has 1 aromatic carbocycles. The first kappa shape index (κ1) is 16.3. The summed E-state index contributed by atoms with van der Waals surface area (Å²) >= 11 is 6.16. The minimum Gasteiger partial charge on any atom is -0.244 e. The van der Waals surface area contributed by atoms with E-state index in [1.807, 2.05) is 19.1 Å². The first-order valence-corrected chi connectivity index (χ1v) is 9.72. The number of hydrogen-bond donors (Lipinski definition) is 0. The second-order valence-electron chi connectivity index (χ2n) is 6.43. The third-order valence-electron chi connectivity index (χ3n) is 4.19. The molecule has 0 bridgehead atoms. The molecule has 1 aromatic heterocycles. The van der Waals surface area contributed by atoms with Gasteiger partial charge in [-0.2, -0.15) is 4.98 Å². The molecule has 124 valence electrons. The molecule has 8 heteroatoms. The predicted octanol–water partition coefficient (Wildman–Crippen LogP) is 1.82. The Hall–Kier alpha value is -1.60. The number of halogens is 1. The van der Waals surface area contributed by atoms with Gasteiger partial charge in [0.1, 0.15) is 16.2 Å². The summed E-state index contributed by atoms with van der Waals surface area (Å²) in [6, 6.07) is 5.50. The van der Waals surface area contributed by atoms with Crippen LogP contribution in [0.2, 0.25) is 5.02 Å². The molecule has 0 amide bonds. The van der Waals surface area contributed by atoms with Gasteiger partial charge in [0.2, 0.25) is 0 Å². The van der Waals surface area contributed by atoms with Gasteiger partial charge in [0.15, 0.2) is 0 Å². The van der Waals surface area contributed by atoms with Gasteiger partial charge in [0, 0.05) is 16.7 Å². The minimum atomic E-state index is -3.09. The van der Waals surface area contributed by atoms with Crippen LogP contribution in [0.15, 0.2) is 29.3 Å². The standard InChI is InChI=1S/C15H18ClN3O3S/c1-11-3-4-12(7-13(11)16)19-10-17-14(20)18(19)8-15(5-6-15)9-23(2,21)22/h3-4,7,10H,5-6,8-9H2,1-2H3. The van der Waals surface area contributed by atoms with Gasteiger partial charge in [-0.15, -0.1) is 0 Å². The van der Waals surface area contributed by atoms with Crippen LogP contribution in [0, 0.1) is 12.3 Å². The number of nitrogens with zero attached hydrogens (tertiary/aromatic N) is 3. The second kappa shape index (κ2) is 5.49. The molecular formula is C15H18ClN3O3S. The van der Waals surface area contributed by atoms with Gasteiger partial charge in [0.05, 0.1) is 18.0 Å². The lowest BCUT2D eigenvalue weighted by Gasteiger charge is -2.17. The van der Waals surface area contributed by atoms with Crippen LogP contribution in [0.25, 0.3) is 5.69 Å². The maximum Gasteiger partial charge on any atom is 0.364 e. The van der Waals surface area contributed by atoms with Crippen molar-refractivity contribution in [2.24, 2.45) is 5.41 Å². The largest absolute Gasteiger partial charge is 0.364 e. The Morgan fingerprint density at radius 1 is 1.35 bits per heavy atom. The molecule has 1 aliphatic carbocycles. The summed E-state index contributed by atoms with van der Waals surface area (Å²) in [6.45, 7) is 2.24. The van der Waals surface area contributed by atoms with Crippen LogP contribution >= 0.6 is 11.6 Å². The number of hydrogen-bond acceptors (Lipinski definition) is 4. The summed E-state index contributed by atoms with van der Waals surface area (Å²) in [5.41, 5.74) is 0.927. The fourth-order valence-corrected chi connectivity index (χ4v) is 4.47. The van der Waals surface area contributed by atoms with E-state index in [0.717, 1.165) is 24.1 Å². The van der Waals surface area contributed by atoms with Crippen LogP contribution in [-0.2, 0) is 16.4 Å². The smallest absolute Gasteiger partial charge is 0.244 e. The lowest BCUT2D eigenvalue weighted by atomic mass is 10.1. The van der Waals surface area contributed by atoms with Gasteiger partial charge in [0.25, 0.3) is 0 Å². The third kappa shape index (κ3) is 3.50. The van der Waals surface area contributed by atoms with Crippen molar-refractivity contribution >= 4 is 21.4 Å². The van der Waals surface area contributed by atoms with Crippen molar-refractivity contribution in [3.05, 3.63) is 45.6 Å². The number of rotatable bonds is 5. The minimum absolute atomic E-state index is 0.0896. The molecule has 0 aliphatic heterocycles. The van der Waals surface area contributed by atoms with Gasteiger partial charge < -0.3 is 0 Å². The van der Waals surface area contributed by atoms with Gasteiger partial charge in [-0.05, 0) is 37.5 Å². The quantitative estimate of drug-likeness (QED) is 0.820. The van der Waals surface area contributed by atoms with Gasteiger partial charge in [-0.3, -0.25) is 0 Å². The van der Waals surface area contributed by atoms with Gasteiger partial charge in [-0.25, -0.2) is 22.6 Å². The SMILES string of the molecule is Cc1ccc(-n2cnc(=O)n2CC2(CS(C)(=O)=O)CC2)cc1Cl. The molecule has 1 heterocycles. The summed E-state index contributed by atoms with van der Waals surface area (Å²) in [5, 5.41) is 0.604. The molecule has 2 aromatic rings. The van der Waals surface area contributed by atoms with Crippen molar-refractivity contribution in [3.63, 3.8) is 0 Å². The number of aryl methyl sites for hydroxylation is 1. The van der Waals surface area contributed by atoms with Crippen LogP contribution in [0.3, 0.4) is 0 Å². The number of sulfone groups is 1. The molecule has 0 radical (unpaired) electrons. The van der Waals surface area contributed by atoms with E-state index in [9.17, 15) is 13.2 Å². The lowest BCUT2D eigenvalue weighted by molar-refractivity contribution is 0.398. The zero-order chi connectivity index (χ0) is 16.8. The molecule has 0 spiro atoms. The Kier molecular flexibility index (Phi) is 3.88. The molecule has 3 rings (SSSR count). The Labute approximate surface area is 139 Å². The van der Waals surface area contributed by atoms with E-state index in [0.29, 0.717) is 11.6 Å². The van der Waals surface area contributed by atoms with E-state index in [4.69, 9.17) is 11.6 Å². The first-order valence-electron chi connectivity index (χ1n) is 7.28. The maximum atomic E-state index is 12.1. The van der Waals surface area contributed by atoms with E-state index in [2.05, 4.69) is 4.98 Å². The predicted molar refractivity (Wildman–Crippen MR) is 88.9 cm³/mol. The van der Waals surface area contributed by atoms with Crippen LogP contribution in [0.5, 0.6) is 0 Å². The summed E-state index contributed by atoms with van der Waals surface area (Å²) in [5.74, 6) is 0.0896. The van der Waals surface area contributed by atoms with Crippen molar-refractivity contribution in [3.8, 4) is 5.69 Å². The average molecular weight is 356 g/mol. The number of aromatic nitrogens is 3. The normalized spacial score (nSPS) is 16.5. The topological polar surface area (TPSA) is 74.0 Å². The van der Waals surface area contributed by atoms with E-state index >= 15 is 0 Å². The van der Waals surface area contributed by atoms with Crippen molar-refractivity contribution in [1.29, 1.82) is 0 Å². The maximum absolute atomic E-state index is 12.1. The fraction of sp³-hybridized carbons (Fsp3) is 0.467. The van der Waals surface area contributed by atoms with E-state index in [-0.39, 0.29) is 16.9 Å². The average Bonchev–Trinajstić information content (AvgIpc) is 3.08. The number of benzene rings is 1. The second-order valence-corrected chi connectivity index (χ2v) is 8.98. The van der Waals surface area contributed by atoms with Gasteiger partial charge in [-0.1, -0.05) is 17.7 Å². The molecule has 0 unspecified atom stereocenters. The highest BCUT2D eigenvalue weighted by molar-refractivity contribution is 7.90. The highest BCUT2D eigenvalue weighted by atomic mass is 35.5. The Morgan fingerprint density at radius 3 is 2.61 bits per heavy atom. The van der Waals surface area contributed by atoms with E-state index < -0.39 is 9.84 Å². The van der Waals surface area contributed by atoms with Crippen molar-refractivity contribution in [2.45, 2.75) is 26.3 Å². The molecule has 1 aliphatic rings. The monoisotopic (exact) mass is 355 g/mol. The van der Waals surface area contributed by atoms with Gasteiger partial charge >= 0.3 is 5.69 Å². The van der Waals surface area contributed by atoms with E-state index in [1.165, 1.54) is 17.3 Å². The summed E-state index contributed by atoms with van der Waals surface area (Å²) in [6.07, 6.45) is 4.27. The molecule has 0 atom stereocenters. The van der Waals surface area contributed by atoms with E-state index in [1.54, 1.807) is 10.7 Å². The summed E-state index contributed by atoms with van der Waals surface area (Å²) in [4.78, 5) is 15.9. The van der Waals surface area contributed by atoms with Crippen molar-refractivity contribution in [2.75, 3.05) is 12.0 Å². The molecule has 23 heavy (non-hydrogen) atoms. The van der Waals surface area contributed by atoms with Crippen LogP contribution in [0.4, 0.5) is 0 Å². The Morgan fingerprint density at radius 2 is 2.04 bits per heavy atom. The molecule has 0 saturated heterocycles. The molecule has 6 nitrogen and oxygen atoms in total. The summed E-state index contributed by atoms with van der Waals surface area (Å²) < 4.78 is 26.3. The molecule has 0 N–H and O–H groups in total. The lowest BCUT2D eigenvalue weighted by Crippen LogP contribution is -2.30.